The quantitative estimate of drug-likeness (QED) is 0.763. The Morgan fingerprint density at radius 3 is 2.33 bits per heavy atom. The lowest BCUT2D eigenvalue weighted by Gasteiger charge is -2.61. The summed E-state index contributed by atoms with van der Waals surface area (Å²) in [5, 5.41) is 0. The van der Waals surface area contributed by atoms with E-state index in [1.165, 1.54) is 38.8 Å². The molecule has 2 aliphatic heterocycles. The Balaban J connectivity index is 1.40. The summed E-state index contributed by atoms with van der Waals surface area (Å²) in [6.07, 6.45) is 5.46. The molecule has 0 radical (unpaired) electrons. The molecular weight excluding hydrogens is 224 g/mol. The molecule has 0 atom stereocenters. The zero-order valence-electron chi connectivity index (χ0n) is 11.8. The van der Waals surface area contributed by atoms with Gasteiger partial charge in [-0.2, -0.15) is 0 Å². The molecule has 1 saturated carbocycles. The van der Waals surface area contributed by atoms with E-state index in [4.69, 9.17) is 0 Å². The van der Waals surface area contributed by atoms with Gasteiger partial charge < -0.3 is 0 Å². The lowest BCUT2D eigenvalue weighted by Crippen LogP contribution is -2.65. The first-order valence-corrected chi connectivity index (χ1v) is 7.52. The highest BCUT2D eigenvalue weighted by Crippen LogP contribution is 2.52. The maximum atomic E-state index is 11.1. The van der Waals surface area contributed by atoms with Crippen LogP contribution in [0.15, 0.2) is 0 Å². The van der Waals surface area contributed by atoms with E-state index in [2.05, 4.69) is 16.7 Å². The summed E-state index contributed by atoms with van der Waals surface area (Å²) in [6, 6.07) is 0.801. The normalized spacial score (nSPS) is 30.1. The van der Waals surface area contributed by atoms with E-state index in [0.717, 1.165) is 30.5 Å². The summed E-state index contributed by atoms with van der Waals surface area (Å²) in [7, 11) is 0. The van der Waals surface area contributed by atoms with Crippen LogP contribution in [-0.4, -0.2) is 54.3 Å². The summed E-state index contributed by atoms with van der Waals surface area (Å²) < 4.78 is 0. The molecule has 1 aliphatic carbocycles. The highest BCUT2D eigenvalue weighted by molar-refractivity contribution is 5.77. The molecule has 2 heterocycles. The predicted octanol–water partition coefficient (Wildman–Crippen LogP) is 1.77. The van der Waals surface area contributed by atoms with Crippen molar-refractivity contribution in [3.63, 3.8) is 0 Å². The molecule has 0 bridgehead atoms. The van der Waals surface area contributed by atoms with Crippen LogP contribution in [0.2, 0.25) is 0 Å². The molecule has 0 amide bonds. The van der Waals surface area contributed by atoms with Gasteiger partial charge in [0.25, 0.3) is 0 Å². The molecule has 0 aromatic heterocycles. The second-order valence-electron chi connectivity index (χ2n) is 7.13. The molecule has 2 saturated heterocycles. The Morgan fingerprint density at radius 1 is 1.22 bits per heavy atom. The Labute approximate surface area is 111 Å². The number of likely N-dealkylation sites (tertiary alicyclic amines) is 2. The highest BCUT2D eigenvalue weighted by atomic mass is 16.1. The number of nitrogens with zero attached hydrogens (tertiary/aromatic N) is 2. The number of hydrogen-bond acceptors (Lipinski definition) is 3. The highest BCUT2D eigenvalue weighted by Gasteiger charge is 2.52. The second-order valence-corrected chi connectivity index (χ2v) is 7.13. The number of piperidine rings is 1. The van der Waals surface area contributed by atoms with Crippen LogP contribution in [0.3, 0.4) is 0 Å². The van der Waals surface area contributed by atoms with Crippen molar-refractivity contribution in [2.24, 2.45) is 11.3 Å². The van der Waals surface area contributed by atoms with Crippen LogP contribution in [-0.2, 0) is 4.79 Å². The standard InChI is InChI=1S/C15H26N2O/c1-12-7-15(8-12)10-17(11-15)14-3-5-16(6-4-14)9-13(2)18/h12,14H,3-11H2,1-2H3. The van der Waals surface area contributed by atoms with Crippen LogP contribution < -0.4 is 0 Å². The SMILES string of the molecule is CC(=O)CN1CCC(N2CC3(CC(C)C3)C2)CC1. The first-order chi connectivity index (χ1) is 8.56. The average molecular weight is 250 g/mol. The van der Waals surface area contributed by atoms with Gasteiger partial charge in [-0.25, -0.2) is 0 Å². The van der Waals surface area contributed by atoms with Crippen LogP contribution in [0.4, 0.5) is 0 Å². The topological polar surface area (TPSA) is 23.6 Å². The van der Waals surface area contributed by atoms with Gasteiger partial charge in [-0.15, -0.1) is 0 Å². The van der Waals surface area contributed by atoms with Gasteiger partial charge in [0.05, 0.1) is 6.54 Å². The van der Waals surface area contributed by atoms with E-state index in [1.54, 1.807) is 6.92 Å². The van der Waals surface area contributed by atoms with Gasteiger partial charge in [-0.3, -0.25) is 14.6 Å². The summed E-state index contributed by atoms with van der Waals surface area (Å²) in [4.78, 5) is 16.1. The van der Waals surface area contributed by atoms with Crippen molar-refractivity contribution in [1.29, 1.82) is 0 Å². The van der Waals surface area contributed by atoms with Crippen LogP contribution in [0.5, 0.6) is 0 Å². The smallest absolute Gasteiger partial charge is 0.143 e. The minimum atomic E-state index is 0.305. The molecule has 18 heavy (non-hydrogen) atoms. The lowest BCUT2D eigenvalue weighted by atomic mass is 9.58. The first-order valence-electron chi connectivity index (χ1n) is 7.52. The minimum Gasteiger partial charge on any atom is -0.299 e. The zero-order chi connectivity index (χ0) is 12.8. The predicted molar refractivity (Wildman–Crippen MR) is 72.5 cm³/mol. The minimum absolute atomic E-state index is 0.305. The summed E-state index contributed by atoms with van der Waals surface area (Å²) in [5.74, 6) is 1.28. The van der Waals surface area contributed by atoms with Gasteiger partial charge in [0.1, 0.15) is 5.78 Å². The van der Waals surface area contributed by atoms with Crippen molar-refractivity contribution in [1.82, 2.24) is 9.80 Å². The van der Waals surface area contributed by atoms with E-state index >= 15 is 0 Å². The molecule has 0 aromatic carbocycles. The van der Waals surface area contributed by atoms with Crippen LogP contribution >= 0.6 is 0 Å². The molecule has 102 valence electrons. The molecule has 0 N–H and O–H groups in total. The molecule has 3 heteroatoms. The number of carbonyl (C=O) groups is 1. The van der Waals surface area contributed by atoms with Crippen molar-refractivity contribution in [3.8, 4) is 0 Å². The molecule has 0 aromatic rings. The Morgan fingerprint density at radius 2 is 1.83 bits per heavy atom. The monoisotopic (exact) mass is 250 g/mol. The van der Waals surface area contributed by atoms with E-state index in [1.807, 2.05) is 0 Å². The molecule has 3 aliphatic rings. The average Bonchev–Trinajstić information content (AvgIpc) is 2.22. The third-order valence-corrected chi connectivity index (χ3v) is 5.16. The van der Waals surface area contributed by atoms with E-state index < -0.39 is 0 Å². The molecule has 0 unspecified atom stereocenters. The number of carbonyl (C=O) groups excluding carboxylic acids is 1. The third kappa shape index (κ3) is 2.35. The fourth-order valence-electron chi connectivity index (χ4n) is 4.51. The van der Waals surface area contributed by atoms with E-state index in [9.17, 15) is 4.79 Å². The van der Waals surface area contributed by atoms with E-state index in [-0.39, 0.29) is 0 Å². The molecule has 1 spiro atoms. The number of ketones is 1. The van der Waals surface area contributed by atoms with E-state index in [0.29, 0.717) is 12.3 Å². The molecule has 3 nitrogen and oxygen atoms in total. The Bertz CT molecular complexity index is 319. The lowest BCUT2D eigenvalue weighted by molar-refractivity contribution is -0.122. The van der Waals surface area contributed by atoms with Gasteiger partial charge in [0.15, 0.2) is 0 Å². The van der Waals surface area contributed by atoms with Crippen LogP contribution in [0.25, 0.3) is 0 Å². The number of Topliss-reactive ketones (excluding diaryl/α,β-unsaturated/α-hetero) is 1. The fraction of sp³-hybridized carbons (Fsp3) is 0.933. The summed E-state index contributed by atoms with van der Waals surface area (Å²) in [6.45, 7) is 9.68. The maximum Gasteiger partial charge on any atom is 0.143 e. The van der Waals surface area contributed by atoms with Crippen molar-refractivity contribution < 1.29 is 4.79 Å². The first kappa shape index (κ1) is 12.6. The third-order valence-electron chi connectivity index (χ3n) is 5.16. The van der Waals surface area contributed by atoms with Crippen molar-refractivity contribution in [2.45, 2.75) is 45.6 Å². The van der Waals surface area contributed by atoms with Gasteiger partial charge in [0, 0.05) is 32.2 Å². The summed E-state index contributed by atoms with van der Waals surface area (Å²) >= 11 is 0. The fourth-order valence-corrected chi connectivity index (χ4v) is 4.51. The van der Waals surface area contributed by atoms with Crippen LogP contribution in [0.1, 0.15) is 39.5 Å². The molecule has 3 rings (SSSR count). The Hall–Kier alpha value is -0.410. The van der Waals surface area contributed by atoms with Crippen molar-refractivity contribution >= 4 is 5.78 Å². The van der Waals surface area contributed by atoms with Gasteiger partial charge >= 0.3 is 0 Å². The summed E-state index contributed by atoms with van der Waals surface area (Å²) in [5.41, 5.74) is 0.732. The van der Waals surface area contributed by atoms with Crippen LogP contribution in [0, 0.1) is 11.3 Å². The number of rotatable bonds is 3. The van der Waals surface area contributed by atoms with Crippen molar-refractivity contribution in [2.75, 3.05) is 32.7 Å². The Kier molecular flexibility index (Phi) is 3.23. The van der Waals surface area contributed by atoms with Gasteiger partial charge in [0.2, 0.25) is 0 Å². The molecular formula is C15H26N2O. The maximum absolute atomic E-state index is 11.1. The molecule has 3 fully saturated rings. The van der Waals surface area contributed by atoms with Gasteiger partial charge in [-0.05, 0) is 43.9 Å². The van der Waals surface area contributed by atoms with Gasteiger partial charge in [-0.1, -0.05) is 6.92 Å². The largest absolute Gasteiger partial charge is 0.299 e. The zero-order valence-corrected chi connectivity index (χ0v) is 11.8. The number of hydrogen-bond donors (Lipinski definition) is 0. The second kappa shape index (κ2) is 4.61. The van der Waals surface area contributed by atoms with Crippen molar-refractivity contribution in [3.05, 3.63) is 0 Å².